The van der Waals surface area contributed by atoms with E-state index in [1.807, 2.05) is 44.6 Å². The molecule has 6 heteroatoms. The molecule has 1 fully saturated rings. The number of carbonyl (C=O) groups is 1. The topological polar surface area (TPSA) is 60.5 Å². The number of carbonyl (C=O) groups excluding carboxylic acids is 1. The van der Waals surface area contributed by atoms with Crippen LogP contribution >= 0.6 is 0 Å². The van der Waals surface area contributed by atoms with Crippen LogP contribution < -0.4 is 0 Å². The van der Waals surface area contributed by atoms with E-state index in [9.17, 15) is 4.79 Å². The normalized spacial score (nSPS) is 16.4. The third-order valence-electron chi connectivity index (χ3n) is 4.24. The summed E-state index contributed by atoms with van der Waals surface area (Å²) in [6.07, 6.45) is 3.24. The van der Waals surface area contributed by atoms with Crippen LogP contribution in [0.15, 0.2) is 28.9 Å². The third kappa shape index (κ3) is 3.63. The van der Waals surface area contributed by atoms with Crippen LogP contribution in [0, 0.1) is 0 Å². The molecule has 0 radical (unpaired) electrons. The molecule has 0 aliphatic carbocycles. The predicted octanol–water partition coefficient (Wildman–Crippen LogP) is 3.79. The lowest BCUT2D eigenvalue weighted by Gasteiger charge is -2.32. The van der Waals surface area contributed by atoms with Crippen LogP contribution in [0.25, 0.3) is 11.5 Å². The van der Waals surface area contributed by atoms with E-state index in [1.54, 1.807) is 11.2 Å². The van der Waals surface area contributed by atoms with E-state index in [1.165, 1.54) is 0 Å². The Morgan fingerprint density at radius 1 is 1.33 bits per heavy atom. The van der Waals surface area contributed by atoms with Gasteiger partial charge in [-0.25, -0.2) is 4.79 Å². The van der Waals surface area contributed by atoms with Gasteiger partial charge in [0.15, 0.2) is 5.76 Å². The Balaban J connectivity index is 1.63. The standard InChI is InChI=1S/C18H25N3O3/c1-18(2,3)24-17(22)21-9-7-13(8-10-21)14-12-15(20(4)19-14)16-6-5-11-23-16/h5-6,11-13H,7-10H2,1-4H3. The minimum Gasteiger partial charge on any atom is -0.463 e. The molecule has 1 aliphatic rings. The fourth-order valence-corrected chi connectivity index (χ4v) is 3.03. The number of ether oxygens (including phenoxy) is 1. The van der Waals surface area contributed by atoms with E-state index in [-0.39, 0.29) is 6.09 Å². The van der Waals surface area contributed by atoms with Crippen molar-refractivity contribution < 1.29 is 13.9 Å². The zero-order chi connectivity index (χ0) is 17.3. The number of piperidine rings is 1. The maximum absolute atomic E-state index is 12.1. The summed E-state index contributed by atoms with van der Waals surface area (Å²) in [7, 11) is 1.93. The summed E-state index contributed by atoms with van der Waals surface area (Å²) in [4.78, 5) is 13.9. The summed E-state index contributed by atoms with van der Waals surface area (Å²) in [6, 6.07) is 5.90. The quantitative estimate of drug-likeness (QED) is 0.840. The Morgan fingerprint density at radius 2 is 2.04 bits per heavy atom. The van der Waals surface area contributed by atoms with Gasteiger partial charge in [-0.05, 0) is 51.8 Å². The number of likely N-dealkylation sites (tertiary alicyclic amines) is 1. The highest BCUT2D eigenvalue weighted by Gasteiger charge is 2.29. The number of furan rings is 1. The monoisotopic (exact) mass is 331 g/mol. The van der Waals surface area contributed by atoms with Gasteiger partial charge in [-0.1, -0.05) is 0 Å². The average molecular weight is 331 g/mol. The summed E-state index contributed by atoms with van der Waals surface area (Å²) in [5.41, 5.74) is 1.59. The lowest BCUT2D eigenvalue weighted by Crippen LogP contribution is -2.41. The summed E-state index contributed by atoms with van der Waals surface area (Å²) < 4.78 is 12.8. The van der Waals surface area contributed by atoms with E-state index in [0.717, 1.165) is 30.0 Å². The lowest BCUT2D eigenvalue weighted by atomic mass is 9.93. The van der Waals surface area contributed by atoms with Crippen LogP contribution in [0.1, 0.15) is 45.2 Å². The Morgan fingerprint density at radius 3 is 2.62 bits per heavy atom. The van der Waals surface area contributed by atoms with E-state index in [2.05, 4.69) is 11.2 Å². The molecule has 1 amide bonds. The molecule has 2 aromatic rings. The molecule has 1 aliphatic heterocycles. The molecule has 0 saturated carbocycles. The molecule has 0 bridgehead atoms. The number of rotatable bonds is 2. The van der Waals surface area contributed by atoms with Crippen LogP contribution in [0.3, 0.4) is 0 Å². The number of aryl methyl sites for hydroxylation is 1. The van der Waals surface area contributed by atoms with Gasteiger partial charge in [0.2, 0.25) is 0 Å². The number of hydrogen-bond donors (Lipinski definition) is 0. The van der Waals surface area contributed by atoms with Crippen molar-refractivity contribution in [3.63, 3.8) is 0 Å². The van der Waals surface area contributed by atoms with Gasteiger partial charge in [0.25, 0.3) is 0 Å². The summed E-state index contributed by atoms with van der Waals surface area (Å²) in [6.45, 7) is 7.07. The minimum absolute atomic E-state index is 0.224. The second-order valence-corrected chi connectivity index (χ2v) is 7.30. The first kappa shape index (κ1) is 16.6. The van der Waals surface area contributed by atoms with Crippen molar-refractivity contribution in [2.45, 2.75) is 45.1 Å². The molecule has 6 nitrogen and oxygen atoms in total. The van der Waals surface area contributed by atoms with Crippen molar-refractivity contribution in [3.05, 3.63) is 30.2 Å². The van der Waals surface area contributed by atoms with Crippen molar-refractivity contribution in [1.82, 2.24) is 14.7 Å². The van der Waals surface area contributed by atoms with E-state index < -0.39 is 5.60 Å². The van der Waals surface area contributed by atoms with Crippen LogP contribution in [0.4, 0.5) is 4.79 Å². The molecule has 0 atom stereocenters. The molecule has 3 heterocycles. The highest BCUT2D eigenvalue weighted by atomic mass is 16.6. The van der Waals surface area contributed by atoms with Crippen molar-refractivity contribution in [2.24, 2.45) is 7.05 Å². The Bertz CT molecular complexity index is 690. The molecule has 0 spiro atoms. The van der Waals surface area contributed by atoms with Gasteiger partial charge in [-0.15, -0.1) is 0 Å². The van der Waals surface area contributed by atoms with Gasteiger partial charge < -0.3 is 14.1 Å². The smallest absolute Gasteiger partial charge is 0.410 e. The zero-order valence-electron chi connectivity index (χ0n) is 14.8. The summed E-state index contributed by atoms with van der Waals surface area (Å²) in [5, 5.41) is 4.64. The van der Waals surface area contributed by atoms with Crippen LogP contribution in [-0.2, 0) is 11.8 Å². The van der Waals surface area contributed by atoms with E-state index in [4.69, 9.17) is 9.15 Å². The fourth-order valence-electron chi connectivity index (χ4n) is 3.03. The SMILES string of the molecule is Cn1nc(C2CCN(C(=O)OC(C)(C)C)CC2)cc1-c1ccco1. The molecular weight excluding hydrogens is 306 g/mol. The van der Waals surface area contributed by atoms with Crippen molar-refractivity contribution in [3.8, 4) is 11.5 Å². The second kappa shape index (κ2) is 6.34. The van der Waals surface area contributed by atoms with Crippen molar-refractivity contribution in [2.75, 3.05) is 13.1 Å². The largest absolute Gasteiger partial charge is 0.463 e. The van der Waals surface area contributed by atoms with Crippen LogP contribution in [0.5, 0.6) is 0 Å². The van der Waals surface area contributed by atoms with Gasteiger partial charge in [0.1, 0.15) is 11.3 Å². The minimum atomic E-state index is -0.452. The maximum atomic E-state index is 12.1. The Kier molecular flexibility index (Phi) is 4.39. The number of aromatic nitrogens is 2. The van der Waals surface area contributed by atoms with Crippen molar-refractivity contribution in [1.29, 1.82) is 0 Å². The first-order chi connectivity index (χ1) is 11.3. The summed E-state index contributed by atoms with van der Waals surface area (Å²) in [5.74, 6) is 1.18. The molecule has 1 saturated heterocycles. The first-order valence-corrected chi connectivity index (χ1v) is 8.39. The number of amides is 1. The van der Waals surface area contributed by atoms with E-state index >= 15 is 0 Å². The Hall–Kier alpha value is -2.24. The predicted molar refractivity (Wildman–Crippen MR) is 90.7 cm³/mol. The van der Waals surface area contributed by atoms with Crippen LogP contribution in [0.2, 0.25) is 0 Å². The molecular formula is C18H25N3O3. The first-order valence-electron chi connectivity index (χ1n) is 8.39. The lowest BCUT2D eigenvalue weighted by molar-refractivity contribution is 0.0204. The van der Waals surface area contributed by atoms with Gasteiger partial charge >= 0.3 is 6.09 Å². The molecule has 0 aromatic carbocycles. The zero-order valence-corrected chi connectivity index (χ0v) is 14.8. The molecule has 130 valence electrons. The number of hydrogen-bond acceptors (Lipinski definition) is 4. The second-order valence-electron chi connectivity index (χ2n) is 7.30. The van der Waals surface area contributed by atoms with Gasteiger partial charge in [0, 0.05) is 26.1 Å². The number of nitrogens with zero attached hydrogens (tertiary/aromatic N) is 3. The molecule has 0 N–H and O–H groups in total. The van der Waals surface area contributed by atoms with E-state index in [0.29, 0.717) is 19.0 Å². The third-order valence-corrected chi connectivity index (χ3v) is 4.24. The highest BCUT2D eigenvalue weighted by Crippen LogP contribution is 2.31. The van der Waals surface area contributed by atoms with Gasteiger partial charge in [-0.2, -0.15) is 5.10 Å². The highest BCUT2D eigenvalue weighted by molar-refractivity contribution is 5.68. The van der Waals surface area contributed by atoms with Gasteiger partial charge in [-0.3, -0.25) is 4.68 Å². The average Bonchev–Trinajstić information content (AvgIpc) is 3.14. The molecule has 0 unspecified atom stereocenters. The van der Waals surface area contributed by atoms with Gasteiger partial charge in [0.05, 0.1) is 12.0 Å². The van der Waals surface area contributed by atoms with Crippen molar-refractivity contribution >= 4 is 6.09 Å². The fraction of sp³-hybridized carbons (Fsp3) is 0.556. The Labute approximate surface area is 142 Å². The molecule has 3 rings (SSSR count). The maximum Gasteiger partial charge on any atom is 0.410 e. The molecule has 24 heavy (non-hydrogen) atoms. The van der Waals surface area contributed by atoms with Crippen LogP contribution in [-0.4, -0.2) is 39.5 Å². The molecule has 2 aromatic heterocycles. The summed E-state index contributed by atoms with van der Waals surface area (Å²) >= 11 is 0.